The van der Waals surface area contributed by atoms with E-state index in [2.05, 4.69) is 4.98 Å². The van der Waals surface area contributed by atoms with E-state index in [1.807, 2.05) is 0 Å². The smallest absolute Gasteiger partial charge is 0.454 e. The fraction of sp³-hybridized carbons (Fsp3) is 0.375. The van der Waals surface area contributed by atoms with Crippen molar-refractivity contribution >= 4 is 28.4 Å². The molecule has 0 saturated heterocycles. The molecule has 2 aromatic rings. The van der Waals surface area contributed by atoms with Crippen LogP contribution < -0.4 is 9.47 Å². The largest absolute Gasteiger partial charge is 0.471 e. The second-order valence-corrected chi connectivity index (χ2v) is 5.91. The molecule has 0 saturated carbocycles. The van der Waals surface area contributed by atoms with Gasteiger partial charge in [0.15, 0.2) is 11.5 Å². The number of ether oxygens (including phenoxy) is 3. The van der Waals surface area contributed by atoms with Gasteiger partial charge in [-0.1, -0.05) is 11.6 Å². The lowest BCUT2D eigenvalue weighted by Gasteiger charge is -2.24. The molecule has 1 aromatic heterocycles. The molecule has 0 fully saturated rings. The molecule has 10 heteroatoms. The highest BCUT2D eigenvalue weighted by molar-refractivity contribution is 6.30. The first kappa shape index (κ1) is 18.5. The van der Waals surface area contributed by atoms with Crippen LogP contribution in [0.5, 0.6) is 11.5 Å². The van der Waals surface area contributed by atoms with Crippen LogP contribution in [0.2, 0.25) is 5.15 Å². The van der Waals surface area contributed by atoms with Gasteiger partial charge in [-0.05, 0) is 12.1 Å². The average Bonchev–Trinajstić information content (AvgIpc) is 3.02. The molecule has 0 N–H and O–H groups in total. The quantitative estimate of drug-likeness (QED) is 0.734. The van der Waals surface area contributed by atoms with Gasteiger partial charge in [-0.3, -0.25) is 4.79 Å². The number of methoxy groups -OCH3 is 1. The summed E-state index contributed by atoms with van der Waals surface area (Å²) in [6.07, 6.45) is -4.99. The number of carbonyl (C=O) groups excluding carboxylic acids is 1. The van der Waals surface area contributed by atoms with E-state index < -0.39 is 12.1 Å². The maximum absolute atomic E-state index is 12.8. The third-order valence-electron chi connectivity index (χ3n) is 3.79. The van der Waals surface area contributed by atoms with Gasteiger partial charge < -0.3 is 19.1 Å². The highest BCUT2D eigenvalue weighted by Crippen LogP contribution is 2.36. The Morgan fingerprint density at radius 3 is 2.65 bits per heavy atom. The van der Waals surface area contributed by atoms with E-state index in [0.717, 1.165) is 0 Å². The number of hydrogen-bond acceptors (Lipinski definition) is 5. The Morgan fingerprint density at radius 2 is 2.00 bits per heavy atom. The van der Waals surface area contributed by atoms with Crippen molar-refractivity contribution in [3.63, 3.8) is 0 Å². The Labute approximate surface area is 151 Å². The van der Waals surface area contributed by atoms with E-state index in [-0.39, 0.29) is 37.2 Å². The van der Waals surface area contributed by atoms with Crippen LogP contribution in [0.25, 0.3) is 10.9 Å². The molecule has 1 aromatic carbocycles. The summed E-state index contributed by atoms with van der Waals surface area (Å²) in [5, 5.41) is 0.619. The first-order chi connectivity index (χ1) is 12.3. The summed E-state index contributed by atoms with van der Waals surface area (Å²) in [5.41, 5.74) is 0.792. The van der Waals surface area contributed by atoms with Crippen LogP contribution in [0.4, 0.5) is 13.2 Å². The molecular formula is C16H14ClF3N2O4. The van der Waals surface area contributed by atoms with Gasteiger partial charge in [-0.25, -0.2) is 4.98 Å². The summed E-state index contributed by atoms with van der Waals surface area (Å²) in [7, 11) is 1.34. The number of carbonyl (C=O) groups is 1. The van der Waals surface area contributed by atoms with Gasteiger partial charge in [0.05, 0.1) is 12.1 Å². The van der Waals surface area contributed by atoms with Gasteiger partial charge in [0, 0.05) is 37.2 Å². The third-order valence-corrected chi connectivity index (χ3v) is 4.12. The second-order valence-electron chi connectivity index (χ2n) is 5.55. The number of pyridine rings is 1. The molecule has 140 valence electrons. The normalized spacial score (nSPS) is 13.3. The summed E-state index contributed by atoms with van der Waals surface area (Å²) < 4.78 is 53.8. The predicted molar refractivity (Wildman–Crippen MR) is 86.2 cm³/mol. The number of aromatic nitrogens is 1. The standard InChI is InChI=1S/C16H14ClF3N2O4/c1-24-3-2-22(15(23)16(18,19)20)7-10-4-9-5-12-13(26-8-25-12)6-11(9)21-14(10)17/h4-6H,2-3,7-8H2,1H3. The Kier molecular flexibility index (Phi) is 5.10. The summed E-state index contributed by atoms with van der Waals surface area (Å²) in [6.45, 7) is -0.543. The number of hydrogen-bond donors (Lipinski definition) is 0. The summed E-state index contributed by atoms with van der Waals surface area (Å²) in [6, 6.07) is 4.88. The van der Waals surface area contributed by atoms with Crippen molar-refractivity contribution in [3.8, 4) is 11.5 Å². The molecule has 26 heavy (non-hydrogen) atoms. The Bertz CT molecular complexity index is 844. The first-order valence-corrected chi connectivity index (χ1v) is 7.91. The number of nitrogens with zero attached hydrogens (tertiary/aromatic N) is 2. The molecule has 0 spiro atoms. The number of benzene rings is 1. The molecule has 0 radical (unpaired) electrons. The number of rotatable bonds is 5. The molecule has 1 aliphatic rings. The number of amides is 1. The SMILES string of the molecule is COCCN(Cc1cc2cc3c(cc2nc1Cl)OCO3)C(=O)C(F)(F)F. The van der Waals surface area contributed by atoms with Crippen LogP contribution >= 0.6 is 11.6 Å². The van der Waals surface area contributed by atoms with Crippen molar-refractivity contribution in [1.82, 2.24) is 9.88 Å². The molecule has 1 aliphatic heterocycles. The molecule has 3 rings (SSSR count). The zero-order valence-corrected chi connectivity index (χ0v) is 14.4. The van der Waals surface area contributed by atoms with E-state index >= 15 is 0 Å². The van der Waals surface area contributed by atoms with E-state index in [1.165, 1.54) is 7.11 Å². The highest BCUT2D eigenvalue weighted by atomic mass is 35.5. The Morgan fingerprint density at radius 1 is 1.31 bits per heavy atom. The predicted octanol–water partition coefficient (Wildman–Crippen LogP) is 3.15. The van der Waals surface area contributed by atoms with Gasteiger partial charge in [-0.2, -0.15) is 13.2 Å². The second kappa shape index (κ2) is 7.16. The number of alkyl halides is 3. The lowest BCUT2D eigenvalue weighted by molar-refractivity contribution is -0.186. The van der Waals surface area contributed by atoms with Crippen molar-refractivity contribution < 1.29 is 32.2 Å². The van der Waals surface area contributed by atoms with Crippen molar-refractivity contribution in [3.05, 3.63) is 28.9 Å². The number of halogens is 4. The highest BCUT2D eigenvalue weighted by Gasteiger charge is 2.42. The minimum atomic E-state index is -4.99. The molecule has 1 amide bonds. The van der Waals surface area contributed by atoms with Gasteiger partial charge in [0.25, 0.3) is 0 Å². The van der Waals surface area contributed by atoms with Crippen LogP contribution in [0.3, 0.4) is 0 Å². The molecule has 6 nitrogen and oxygen atoms in total. The summed E-state index contributed by atoms with van der Waals surface area (Å²) >= 11 is 6.12. The fourth-order valence-corrected chi connectivity index (χ4v) is 2.74. The average molecular weight is 391 g/mol. The Balaban J connectivity index is 1.93. The summed E-state index contributed by atoms with van der Waals surface area (Å²) in [4.78, 5) is 16.5. The van der Waals surface area contributed by atoms with Crippen LogP contribution in [-0.2, 0) is 16.1 Å². The fourth-order valence-electron chi connectivity index (χ4n) is 2.53. The maximum atomic E-state index is 12.8. The molecule has 0 aliphatic carbocycles. The minimum absolute atomic E-state index is 0.00811. The van der Waals surface area contributed by atoms with Crippen molar-refractivity contribution in [2.45, 2.75) is 12.7 Å². The van der Waals surface area contributed by atoms with Crippen LogP contribution in [-0.4, -0.2) is 49.0 Å². The van der Waals surface area contributed by atoms with E-state index in [0.29, 0.717) is 27.3 Å². The van der Waals surface area contributed by atoms with Gasteiger partial charge in [-0.15, -0.1) is 0 Å². The first-order valence-electron chi connectivity index (χ1n) is 7.53. The van der Waals surface area contributed by atoms with Crippen molar-refractivity contribution in [1.29, 1.82) is 0 Å². The number of fused-ring (bicyclic) bond motifs is 2. The van der Waals surface area contributed by atoms with E-state index in [1.54, 1.807) is 18.2 Å². The van der Waals surface area contributed by atoms with Gasteiger partial charge >= 0.3 is 12.1 Å². The van der Waals surface area contributed by atoms with Crippen molar-refractivity contribution in [2.75, 3.05) is 27.1 Å². The molecule has 0 bridgehead atoms. The Hall–Kier alpha value is -2.26. The van der Waals surface area contributed by atoms with Crippen LogP contribution in [0, 0.1) is 0 Å². The van der Waals surface area contributed by atoms with Crippen molar-refractivity contribution in [2.24, 2.45) is 0 Å². The topological polar surface area (TPSA) is 60.9 Å². The van der Waals surface area contributed by atoms with Crippen LogP contribution in [0.1, 0.15) is 5.56 Å². The summed E-state index contributed by atoms with van der Waals surface area (Å²) in [5.74, 6) is -0.936. The van der Waals surface area contributed by atoms with Gasteiger partial charge in [0.1, 0.15) is 5.15 Å². The molecule has 2 heterocycles. The third kappa shape index (κ3) is 3.78. The molecular weight excluding hydrogens is 377 g/mol. The molecule has 0 atom stereocenters. The van der Waals surface area contributed by atoms with Crippen LogP contribution in [0.15, 0.2) is 18.2 Å². The zero-order chi connectivity index (χ0) is 18.9. The monoisotopic (exact) mass is 390 g/mol. The zero-order valence-electron chi connectivity index (χ0n) is 13.6. The maximum Gasteiger partial charge on any atom is 0.471 e. The lowest BCUT2D eigenvalue weighted by atomic mass is 10.1. The van der Waals surface area contributed by atoms with E-state index in [9.17, 15) is 18.0 Å². The minimum Gasteiger partial charge on any atom is -0.454 e. The van der Waals surface area contributed by atoms with Gasteiger partial charge in [0.2, 0.25) is 6.79 Å². The van der Waals surface area contributed by atoms with E-state index in [4.69, 9.17) is 25.8 Å². The lowest BCUT2D eigenvalue weighted by Crippen LogP contribution is -2.42. The molecule has 0 unspecified atom stereocenters.